The van der Waals surface area contributed by atoms with Crippen LogP contribution in [0, 0.1) is 0 Å². The van der Waals surface area contributed by atoms with Crippen LogP contribution in [0.1, 0.15) is 27.2 Å². The Morgan fingerprint density at radius 3 is 2.44 bits per heavy atom. The zero-order valence-corrected chi connectivity index (χ0v) is 10.8. The van der Waals surface area contributed by atoms with Crippen molar-refractivity contribution >= 4 is 17.3 Å². The fourth-order valence-corrected chi connectivity index (χ4v) is 1.25. The minimum Gasteiger partial charge on any atom is -0.473 e. The van der Waals surface area contributed by atoms with Gasteiger partial charge in [-0.3, -0.25) is 0 Å². The van der Waals surface area contributed by atoms with E-state index in [2.05, 4.69) is 18.8 Å². The molecule has 0 amide bonds. The van der Waals surface area contributed by atoms with E-state index in [-0.39, 0.29) is 5.60 Å². The fraction of sp³-hybridized carbons (Fsp3) is 0.385. The van der Waals surface area contributed by atoms with Crippen molar-refractivity contribution in [2.75, 3.05) is 5.32 Å². The van der Waals surface area contributed by atoms with Crippen LogP contribution in [0.5, 0.6) is 0 Å². The molecule has 1 aromatic rings. The number of hydrogen-bond donors (Lipinski definition) is 1. The van der Waals surface area contributed by atoms with Gasteiger partial charge in [0.05, 0.1) is 0 Å². The SMILES string of the molecule is C=C(Nc1ccc(Cl)cc1)OC(C)(C)CC. The third-order valence-corrected chi connectivity index (χ3v) is 2.63. The van der Waals surface area contributed by atoms with Crippen LogP contribution in [-0.4, -0.2) is 5.60 Å². The van der Waals surface area contributed by atoms with Gasteiger partial charge in [-0.1, -0.05) is 18.5 Å². The Labute approximate surface area is 102 Å². The molecule has 1 aromatic carbocycles. The third kappa shape index (κ3) is 4.15. The Morgan fingerprint density at radius 2 is 1.94 bits per heavy atom. The average Bonchev–Trinajstić information content (AvgIpc) is 2.21. The molecule has 0 bridgehead atoms. The summed E-state index contributed by atoms with van der Waals surface area (Å²) in [6.45, 7) is 9.98. The van der Waals surface area contributed by atoms with Gasteiger partial charge in [0.2, 0.25) is 0 Å². The molecule has 0 atom stereocenters. The quantitative estimate of drug-likeness (QED) is 0.768. The zero-order valence-electron chi connectivity index (χ0n) is 10.0. The molecule has 2 nitrogen and oxygen atoms in total. The molecule has 0 fully saturated rings. The summed E-state index contributed by atoms with van der Waals surface area (Å²) in [6, 6.07) is 7.41. The van der Waals surface area contributed by atoms with Crippen LogP contribution in [0.25, 0.3) is 0 Å². The van der Waals surface area contributed by atoms with Crippen LogP contribution in [0.15, 0.2) is 36.7 Å². The number of nitrogens with one attached hydrogen (secondary N) is 1. The van der Waals surface area contributed by atoms with E-state index in [1.807, 2.05) is 38.1 Å². The van der Waals surface area contributed by atoms with Gasteiger partial charge in [-0.2, -0.15) is 0 Å². The Bertz CT molecular complexity index is 357. The van der Waals surface area contributed by atoms with E-state index in [9.17, 15) is 0 Å². The molecule has 0 aliphatic heterocycles. The summed E-state index contributed by atoms with van der Waals surface area (Å²) in [4.78, 5) is 0. The Balaban J connectivity index is 2.55. The number of benzene rings is 1. The van der Waals surface area contributed by atoms with Crippen molar-refractivity contribution in [3.05, 3.63) is 41.8 Å². The number of rotatable bonds is 5. The van der Waals surface area contributed by atoms with E-state index < -0.39 is 0 Å². The van der Waals surface area contributed by atoms with E-state index in [0.29, 0.717) is 10.9 Å². The lowest BCUT2D eigenvalue weighted by molar-refractivity contribution is 0.0356. The van der Waals surface area contributed by atoms with E-state index >= 15 is 0 Å². The molecule has 1 rings (SSSR count). The second-order valence-corrected chi connectivity index (χ2v) is 4.71. The highest BCUT2D eigenvalue weighted by Crippen LogP contribution is 2.20. The lowest BCUT2D eigenvalue weighted by Gasteiger charge is -2.26. The first kappa shape index (κ1) is 12.9. The van der Waals surface area contributed by atoms with Gasteiger partial charge in [0, 0.05) is 10.7 Å². The molecule has 0 radical (unpaired) electrons. The Hall–Kier alpha value is -1.15. The minimum absolute atomic E-state index is 0.198. The van der Waals surface area contributed by atoms with Crippen LogP contribution >= 0.6 is 11.6 Å². The first-order chi connectivity index (χ1) is 7.43. The molecule has 3 heteroatoms. The zero-order chi connectivity index (χ0) is 12.2. The normalized spacial score (nSPS) is 11.0. The first-order valence-corrected chi connectivity index (χ1v) is 5.71. The van der Waals surface area contributed by atoms with Gasteiger partial charge in [-0.25, -0.2) is 0 Å². The first-order valence-electron chi connectivity index (χ1n) is 5.33. The molecule has 1 N–H and O–H groups in total. The summed E-state index contributed by atoms with van der Waals surface area (Å²) in [5, 5.41) is 3.80. The molecule has 0 heterocycles. The molecule has 16 heavy (non-hydrogen) atoms. The summed E-state index contributed by atoms with van der Waals surface area (Å²) >= 11 is 5.80. The van der Waals surface area contributed by atoms with E-state index in [0.717, 1.165) is 12.1 Å². The Morgan fingerprint density at radius 1 is 1.38 bits per heavy atom. The van der Waals surface area contributed by atoms with E-state index in [1.54, 1.807) is 0 Å². The predicted molar refractivity (Wildman–Crippen MR) is 69.7 cm³/mol. The van der Waals surface area contributed by atoms with Gasteiger partial charge >= 0.3 is 0 Å². The molecule has 0 aliphatic carbocycles. The van der Waals surface area contributed by atoms with Gasteiger partial charge in [-0.15, -0.1) is 0 Å². The van der Waals surface area contributed by atoms with Crippen LogP contribution in [0.2, 0.25) is 5.02 Å². The summed E-state index contributed by atoms with van der Waals surface area (Å²) in [5.74, 6) is 0.550. The maximum Gasteiger partial charge on any atom is 0.184 e. The summed E-state index contributed by atoms with van der Waals surface area (Å²) in [6.07, 6.45) is 0.925. The standard InChI is InChI=1S/C13H18ClNO/c1-5-13(3,4)16-10(2)15-12-8-6-11(14)7-9-12/h6-9,15H,2,5H2,1,3-4H3. The highest BCUT2D eigenvalue weighted by Gasteiger charge is 2.17. The summed E-state index contributed by atoms with van der Waals surface area (Å²) in [5.41, 5.74) is 0.720. The van der Waals surface area contributed by atoms with Crippen molar-refractivity contribution in [1.82, 2.24) is 0 Å². The van der Waals surface area contributed by atoms with Gasteiger partial charge in [0.15, 0.2) is 5.88 Å². The number of halogens is 1. The second-order valence-electron chi connectivity index (χ2n) is 4.27. The van der Waals surface area contributed by atoms with E-state index in [1.165, 1.54) is 0 Å². The summed E-state index contributed by atoms with van der Waals surface area (Å²) < 4.78 is 5.68. The monoisotopic (exact) mass is 239 g/mol. The highest BCUT2D eigenvalue weighted by atomic mass is 35.5. The van der Waals surface area contributed by atoms with Crippen LogP contribution in [0.4, 0.5) is 5.69 Å². The molecular weight excluding hydrogens is 222 g/mol. The molecule has 0 unspecified atom stereocenters. The van der Waals surface area contributed by atoms with Crippen molar-refractivity contribution in [2.45, 2.75) is 32.8 Å². The van der Waals surface area contributed by atoms with Crippen molar-refractivity contribution < 1.29 is 4.74 Å². The smallest absolute Gasteiger partial charge is 0.184 e. The molecule has 0 saturated heterocycles. The van der Waals surface area contributed by atoms with Gasteiger partial charge in [0.25, 0.3) is 0 Å². The molecule has 0 aliphatic rings. The maximum atomic E-state index is 5.80. The van der Waals surface area contributed by atoms with Gasteiger partial charge < -0.3 is 10.1 Å². The largest absolute Gasteiger partial charge is 0.473 e. The van der Waals surface area contributed by atoms with Crippen molar-refractivity contribution in [3.63, 3.8) is 0 Å². The van der Waals surface area contributed by atoms with Crippen LogP contribution in [-0.2, 0) is 4.74 Å². The number of anilines is 1. The van der Waals surface area contributed by atoms with Crippen molar-refractivity contribution in [1.29, 1.82) is 0 Å². The number of hydrogen-bond acceptors (Lipinski definition) is 2. The molecule has 0 aromatic heterocycles. The fourth-order valence-electron chi connectivity index (χ4n) is 1.13. The maximum absolute atomic E-state index is 5.80. The van der Waals surface area contributed by atoms with Crippen LogP contribution in [0.3, 0.4) is 0 Å². The average molecular weight is 240 g/mol. The lowest BCUT2D eigenvalue weighted by atomic mass is 10.1. The molecular formula is C13H18ClNO. The van der Waals surface area contributed by atoms with Crippen molar-refractivity contribution in [2.24, 2.45) is 0 Å². The molecule has 88 valence electrons. The topological polar surface area (TPSA) is 21.3 Å². The minimum atomic E-state index is -0.198. The highest BCUT2D eigenvalue weighted by molar-refractivity contribution is 6.30. The molecule has 0 saturated carbocycles. The molecule has 0 spiro atoms. The third-order valence-electron chi connectivity index (χ3n) is 2.38. The van der Waals surface area contributed by atoms with Gasteiger partial charge in [-0.05, 0) is 51.1 Å². The second kappa shape index (κ2) is 5.26. The van der Waals surface area contributed by atoms with E-state index in [4.69, 9.17) is 16.3 Å². The van der Waals surface area contributed by atoms with Crippen LogP contribution < -0.4 is 5.32 Å². The Kier molecular flexibility index (Phi) is 4.25. The summed E-state index contributed by atoms with van der Waals surface area (Å²) in [7, 11) is 0. The lowest BCUT2D eigenvalue weighted by Crippen LogP contribution is -2.24. The van der Waals surface area contributed by atoms with Crippen molar-refractivity contribution in [3.8, 4) is 0 Å². The predicted octanol–water partition coefficient (Wildman–Crippen LogP) is 4.43. The number of ether oxygens (including phenoxy) is 1. The van der Waals surface area contributed by atoms with Gasteiger partial charge in [0.1, 0.15) is 5.60 Å².